The maximum absolute atomic E-state index is 5.72. The molecule has 1 heterocycles. The smallest absolute Gasteiger partial charge is 0.225 e. The van der Waals surface area contributed by atoms with Crippen LogP contribution in [0.1, 0.15) is 11.1 Å². The zero-order chi connectivity index (χ0) is 12.8. The summed E-state index contributed by atoms with van der Waals surface area (Å²) in [6.07, 6.45) is 5.36. The van der Waals surface area contributed by atoms with Crippen LogP contribution in [-0.4, -0.2) is 16.2 Å². The third-order valence-corrected chi connectivity index (χ3v) is 2.94. The Morgan fingerprint density at radius 3 is 2.78 bits per heavy atom. The summed E-state index contributed by atoms with van der Waals surface area (Å²) in [4.78, 5) is 8.52. The van der Waals surface area contributed by atoms with Crippen LogP contribution in [0.3, 0.4) is 0 Å². The predicted octanol–water partition coefficient (Wildman–Crippen LogP) is 3.42. The number of nitrogens with zero attached hydrogens (tertiary/aromatic N) is 2. The Bertz CT molecular complexity index is 529. The van der Waals surface area contributed by atoms with Crippen molar-refractivity contribution in [3.05, 3.63) is 54.2 Å². The van der Waals surface area contributed by atoms with Gasteiger partial charge in [-0.15, -0.1) is 0 Å². The van der Waals surface area contributed by atoms with E-state index in [9.17, 15) is 0 Å². The molecule has 2 aromatic rings. The van der Waals surface area contributed by atoms with E-state index in [4.69, 9.17) is 4.74 Å². The van der Waals surface area contributed by atoms with E-state index in [0.29, 0.717) is 17.6 Å². The molecule has 18 heavy (non-hydrogen) atoms. The fraction of sp³-hybridized carbons (Fsp3) is 0.143. The van der Waals surface area contributed by atoms with Crippen molar-refractivity contribution in [2.45, 2.75) is 11.8 Å². The monoisotopic (exact) mass is 258 g/mol. The Hall–Kier alpha value is -1.81. The van der Waals surface area contributed by atoms with Gasteiger partial charge >= 0.3 is 0 Å². The summed E-state index contributed by atoms with van der Waals surface area (Å²) >= 11 is 1.49. The van der Waals surface area contributed by atoms with E-state index < -0.39 is 0 Å². The molecule has 0 aliphatic heterocycles. The van der Waals surface area contributed by atoms with Crippen LogP contribution in [0.2, 0.25) is 0 Å². The van der Waals surface area contributed by atoms with Gasteiger partial charge in [-0.25, -0.2) is 4.98 Å². The van der Waals surface area contributed by atoms with E-state index in [1.54, 1.807) is 12.3 Å². The van der Waals surface area contributed by atoms with E-state index in [1.165, 1.54) is 11.8 Å². The van der Waals surface area contributed by atoms with Gasteiger partial charge in [0.05, 0.1) is 5.56 Å². The van der Waals surface area contributed by atoms with Gasteiger partial charge in [0.15, 0.2) is 5.16 Å². The number of rotatable bonds is 5. The quantitative estimate of drug-likeness (QED) is 0.608. The minimum absolute atomic E-state index is 0.493. The van der Waals surface area contributed by atoms with Gasteiger partial charge in [0.25, 0.3) is 0 Å². The van der Waals surface area contributed by atoms with Crippen molar-refractivity contribution in [1.29, 1.82) is 0 Å². The molecule has 3 nitrogen and oxygen atoms in total. The highest BCUT2D eigenvalue weighted by molar-refractivity contribution is 7.98. The zero-order valence-corrected chi connectivity index (χ0v) is 11.0. The summed E-state index contributed by atoms with van der Waals surface area (Å²) in [6, 6.07) is 9.99. The van der Waals surface area contributed by atoms with Crippen molar-refractivity contribution in [2.24, 2.45) is 0 Å². The molecule has 0 radical (unpaired) electrons. The number of ether oxygens (including phenoxy) is 1. The van der Waals surface area contributed by atoms with E-state index in [-0.39, 0.29) is 0 Å². The molecule has 0 aliphatic carbocycles. The summed E-state index contributed by atoms with van der Waals surface area (Å²) < 4.78 is 5.72. The van der Waals surface area contributed by atoms with Crippen LogP contribution in [0.5, 0.6) is 5.88 Å². The first-order chi connectivity index (χ1) is 8.83. The number of hydrogen-bond donors (Lipinski definition) is 0. The number of benzene rings is 1. The summed E-state index contributed by atoms with van der Waals surface area (Å²) in [5, 5.41) is 0.698. The lowest BCUT2D eigenvalue weighted by atomic mass is 10.2. The van der Waals surface area contributed by atoms with Gasteiger partial charge in [-0.2, -0.15) is 4.98 Å². The fourth-order valence-corrected chi connectivity index (χ4v) is 1.77. The first-order valence-corrected chi connectivity index (χ1v) is 6.76. The zero-order valence-electron chi connectivity index (χ0n) is 10.2. The van der Waals surface area contributed by atoms with Gasteiger partial charge in [0.1, 0.15) is 6.61 Å². The molecule has 0 unspecified atom stereocenters. The lowest BCUT2D eigenvalue weighted by Crippen LogP contribution is -2.00. The van der Waals surface area contributed by atoms with Gasteiger partial charge < -0.3 is 4.74 Å². The predicted molar refractivity (Wildman–Crippen MR) is 74.7 cm³/mol. The minimum atomic E-state index is 0.493. The van der Waals surface area contributed by atoms with Crippen LogP contribution in [0, 0.1) is 0 Å². The molecule has 4 heteroatoms. The largest absolute Gasteiger partial charge is 0.472 e. The van der Waals surface area contributed by atoms with Crippen LogP contribution in [0.25, 0.3) is 6.08 Å². The molecule has 1 aromatic heterocycles. The van der Waals surface area contributed by atoms with Crippen molar-refractivity contribution < 1.29 is 4.74 Å². The molecule has 0 bridgehead atoms. The van der Waals surface area contributed by atoms with Gasteiger partial charge in [-0.3, -0.25) is 0 Å². The molecule has 0 aliphatic rings. The third kappa shape index (κ3) is 3.11. The van der Waals surface area contributed by atoms with Gasteiger partial charge in [-0.05, 0) is 11.8 Å². The average molecular weight is 258 g/mol. The third-order valence-electron chi connectivity index (χ3n) is 2.38. The SMILES string of the molecule is C=Cc1cnc(SC)nc1OCc1ccccc1. The topological polar surface area (TPSA) is 35.0 Å². The van der Waals surface area contributed by atoms with Crippen LogP contribution in [-0.2, 0) is 6.61 Å². The highest BCUT2D eigenvalue weighted by atomic mass is 32.2. The van der Waals surface area contributed by atoms with E-state index in [2.05, 4.69) is 16.5 Å². The molecule has 0 amide bonds. The number of aromatic nitrogens is 2. The Balaban J connectivity index is 2.15. The highest BCUT2D eigenvalue weighted by Gasteiger charge is 2.05. The Morgan fingerprint density at radius 1 is 1.33 bits per heavy atom. The normalized spacial score (nSPS) is 10.1. The summed E-state index contributed by atoms with van der Waals surface area (Å²) in [7, 11) is 0. The lowest BCUT2D eigenvalue weighted by molar-refractivity contribution is 0.290. The molecule has 0 spiro atoms. The van der Waals surface area contributed by atoms with Crippen LogP contribution < -0.4 is 4.74 Å². The average Bonchev–Trinajstić information content (AvgIpc) is 2.45. The van der Waals surface area contributed by atoms with Crippen molar-refractivity contribution in [3.8, 4) is 5.88 Å². The molecule has 0 saturated heterocycles. The van der Waals surface area contributed by atoms with Crippen molar-refractivity contribution in [3.63, 3.8) is 0 Å². The summed E-state index contributed by atoms with van der Waals surface area (Å²) in [5.74, 6) is 0.577. The van der Waals surface area contributed by atoms with E-state index >= 15 is 0 Å². The van der Waals surface area contributed by atoms with Crippen LogP contribution in [0.15, 0.2) is 48.3 Å². The van der Waals surface area contributed by atoms with E-state index in [0.717, 1.165) is 11.1 Å². The Kier molecular flexibility index (Phi) is 4.36. The summed E-state index contributed by atoms with van der Waals surface area (Å²) in [5.41, 5.74) is 1.92. The number of thioether (sulfide) groups is 1. The first kappa shape index (κ1) is 12.6. The molecule has 0 atom stereocenters. The van der Waals surface area contributed by atoms with Crippen LogP contribution in [0.4, 0.5) is 0 Å². The molecule has 0 saturated carbocycles. The van der Waals surface area contributed by atoms with Crippen LogP contribution >= 0.6 is 11.8 Å². The van der Waals surface area contributed by atoms with Gasteiger partial charge in [-0.1, -0.05) is 54.7 Å². The molecule has 2 rings (SSSR count). The fourth-order valence-electron chi connectivity index (χ4n) is 1.44. The van der Waals surface area contributed by atoms with Crippen molar-refractivity contribution in [1.82, 2.24) is 9.97 Å². The molecule has 92 valence electrons. The van der Waals surface area contributed by atoms with Crippen molar-refractivity contribution in [2.75, 3.05) is 6.26 Å². The van der Waals surface area contributed by atoms with Gasteiger partial charge in [0.2, 0.25) is 5.88 Å². The Labute approximate surface area is 111 Å². The molecular formula is C14H14N2OS. The maximum Gasteiger partial charge on any atom is 0.225 e. The second-order valence-corrected chi connectivity index (χ2v) is 4.37. The first-order valence-electron chi connectivity index (χ1n) is 5.53. The maximum atomic E-state index is 5.72. The van der Waals surface area contributed by atoms with Gasteiger partial charge in [0, 0.05) is 6.20 Å². The highest BCUT2D eigenvalue weighted by Crippen LogP contribution is 2.20. The standard InChI is InChI=1S/C14H14N2OS/c1-3-12-9-15-14(18-2)16-13(12)17-10-11-7-5-4-6-8-11/h3-9H,1,10H2,2H3. The summed E-state index contributed by atoms with van der Waals surface area (Å²) in [6.45, 7) is 4.23. The second kappa shape index (κ2) is 6.21. The number of hydrogen-bond acceptors (Lipinski definition) is 4. The second-order valence-electron chi connectivity index (χ2n) is 3.60. The molecular weight excluding hydrogens is 244 g/mol. The molecule has 0 fully saturated rings. The van der Waals surface area contributed by atoms with Crippen molar-refractivity contribution >= 4 is 17.8 Å². The van der Waals surface area contributed by atoms with E-state index in [1.807, 2.05) is 36.6 Å². The molecule has 0 N–H and O–H groups in total. The lowest BCUT2D eigenvalue weighted by Gasteiger charge is -2.08. The minimum Gasteiger partial charge on any atom is -0.472 e. The molecule has 1 aromatic carbocycles. The Morgan fingerprint density at radius 2 is 2.11 bits per heavy atom.